The number of hydrogen-bond acceptors (Lipinski definition) is 0. The normalized spacial score (nSPS) is 38.7. The molecule has 0 N–H and O–H groups in total. The summed E-state index contributed by atoms with van der Waals surface area (Å²) in [5, 5.41) is 0. The van der Waals surface area contributed by atoms with Crippen LogP contribution in [0.4, 0.5) is 0 Å². The zero-order valence-electron chi connectivity index (χ0n) is 30.3. The van der Waals surface area contributed by atoms with Gasteiger partial charge in [0.2, 0.25) is 0 Å². The molecule has 0 nitrogen and oxygen atoms in total. The smallest absolute Gasteiger partial charge is 0.00971 e. The zero-order chi connectivity index (χ0) is 31.0. The average molecular weight is 575 g/mol. The minimum absolute atomic E-state index is 0.215. The second-order valence-electron chi connectivity index (χ2n) is 20.6. The van der Waals surface area contributed by atoms with Crippen LogP contribution in [0.25, 0.3) is 0 Å². The summed E-state index contributed by atoms with van der Waals surface area (Å²) in [5.41, 5.74) is 4.72. The van der Waals surface area contributed by atoms with Gasteiger partial charge in [-0.1, -0.05) is 114 Å². The molecule has 0 aromatic heterocycles. The second-order valence-corrected chi connectivity index (χ2v) is 20.6. The molecule has 10 atom stereocenters. The molecule has 1 aromatic rings. The van der Waals surface area contributed by atoms with E-state index in [1.165, 1.54) is 56.9 Å². The molecule has 0 amide bonds. The lowest BCUT2D eigenvalue weighted by atomic mass is 9.61. The van der Waals surface area contributed by atoms with Crippen molar-refractivity contribution in [1.82, 2.24) is 0 Å². The molecule has 0 aliphatic heterocycles. The molecule has 5 rings (SSSR count). The summed E-state index contributed by atoms with van der Waals surface area (Å²) in [6.45, 7) is 32.5. The van der Waals surface area contributed by atoms with Crippen LogP contribution in [-0.2, 0) is 5.41 Å². The highest BCUT2D eigenvalue weighted by molar-refractivity contribution is 5.32. The van der Waals surface area contributed by atoms with E-state index < -0.39 is 0 Å². The maximum atomic E-state index is 2.64. The Labute approximate surface area is 263 Å². The molecule has 0 bridgehead atoms. The topological polar surface area (TPSA) is 0 Å². The van der Waals surface area contributed by atoms with E-state index in [1.807, 2.05) is 0 Å². The van der Waals surface area contributed by atoms with E-state index in [4.69, 9.17) is 0 Å². The van der Waals surface area contributed by atoms with Gasteiger partial charge in [-0.25, -0.2) is 0 Å². The number of benzene rings is 1. The summed E-state index contributed by atoms with van der Waals surface area (Å²) >= 11 is 0. The van der Waals surface area contributed by atoms with E-state index >= 15 is 0 Å². The Morgan fingerprint density at radius 1 is 0.524 bits per heavy atom. The van der Waals surface area contributed by atoms with Crippen LogP contribution in [0.5, 0.6) is 0 Å². The fraction of sp³-hybridized carbons (Fsp3) is 0.857. The molecular formula is C42H70. The van der Waals surface area contributed by atoms with E-state index in [9.17, 15) is 0 Å². The Balaban J connectivity index is 1.57. The first kappa shape index (κ1) is 32.6. The Hall–Kier alpha value is -0.780. The lowest BCUT2D eigenvalue weighted by Crippen LogP contribution is -2.35. The van der Waals surface area contributed by atoms with Crippen LogP contribution >= 0.6 is 0 Å². The van der Waals surface area contributed by atoms with Gasteiger partial charge in [-0.05, 0) is 149 Å². The summed E-state index contributed by atoms with van der Waals surface area (Å²) in [5.74, 6) is 9.71. The van der Waals surface area contributed by atoms with Crippen molar-refractivity contribution in [3.8, 4) is 0 Å². The third kappa shape index (κ3) is 6.32. The molecule has 42 heavy (non-hydrogen) atoms. The Morgan fingerprint density at radius 2 is 0.976 bits per heavy atom. The summed E-state index contributed by atoms with van der Waals surface area (Å²) in [6, 6.07) is 10.3. The van der Waals surface area contributed by atoms with E-state index in [0.717, 1.165) is 65.1 Å². The summed E-state index contributed by atoms with van der Waals surface area (Å²) in [7, 11) is 0. The Kier molecular flexibility index (Phi) is 8.72. The van der Waals surface area contributed by atoms with Crippen molar-refractivity contribution < 1.29 is 0 Å². The van der Waals surface area contributed by atoms with Crippen LogP contribution in [0.1, 0.15) is 158 Å². The van der Waals surface area contributed by atoms with Gasteiger partial charge >= 0.3 is 0 Å². The monoisotopic (exact) mass is 575 g/mol. The third-order valence-corrected chi connectivity index (χ3v) is 14.1. The van der Waals surface area contributed by atoms with Crippen molar-refractivity contribution in [3.05, 3.63) is 35.4 Å². The summed E-state index contributed by atoms with van der Waals surface area (Å²) < 4.78 is 0. The molecule has 0 saturated heterocycles. The molecule has 4 fully saturated rings. The van der Waals surface area contributed by atoms with Crippen LogP contribution < -0.4 is 0 Å². The minimum Gasteiger partial charge on any atom is -0.0622 e. The molecule has 238 valence electrons. The average Bonchev–Trinajstić information content (AvgIpc) is 3.41. The zero-order valence-corrected chi connectivity index (χ0v) is 30.3. The van der Waals surface area contributed by atoms with Gasteiger partial charge in [0.1, 0.15) is 0 Å². The molecular weight excluding hydrogens is 504 g/mol. The van der Waals surface area contributed by atoms with Crippen LogP contribution in [0, 0.1) is 75.4 Å². The van der Waals surface area contributed by atoms with E-state index in [0.29, 0.717) is 16.2 Å². The van der Waals surface area contributed by atoms with Gasteiger partial charge in [-0.15, -0.1) is 0 Å². The lowest BCUT2D eigenvalue weighted by Gasteiger charge is -2.44. The SMILES string of the molecule is CC1CC(C(C)(C)C)CC1[C@@H](c1ccc(C(C)(C)C)cc1)C1C2CCC(C(C)(C)C)CC2C2CC(C(C)(C)C)CCC21. The van der Waals surface area contributed by atoms with Crippen molar-refractivity contribution >= 4 is 0 Å². The molecule has 4 saturated carbocycles. The van der Waals surface area contributed by atoms with Crippen molar-refractivity contribution in [2.45, 2.75) is 153 Å². The largest absolute Gasteiger partial charge is 0.0622 e. The first-order valence-electron chi connectivity index (χ1n) is 18.4. The number of hydrogen-bond donors (Lipinski definition) is 0. The molecule has 1 aromatic carbocycles. The van der Waals surface area contributed by atoms with Gasteiger partial charge in [0.15, 0.2) is 0 Å². The van der Waals surface area contributed by atoms with Gasteiger partial charge in [-0.3, -0.25) is 0 Å². The third-order valence-electron chi connectivity index (χ3n) is 14.1. The predicted molar refractivity (Wildman–Crippen MR) is 184 cm³/mol. The van der Waals surface area contributed by atoms with Crippen LogP contribution in [0.2, 0.25) is 0 Å². The highest BCUT2D eigenvalue weighted by Crippen LogP contribution is 2.67. The molecule has 0 radical (unpaired) electrons. The molecule has 0 spiro atoms. The van der Waals surface area contributed by atoms with E-state index in [2.05, 4.69) is 114 Å². The summed E-state index contributed by atoms with van der Waals surface area (Å²) in [4.78, 5) is 0. The number of fused-ring (bicyclic) bond motifs is 3. The van der Waals surface area contributed by atoms with Gasteiger partial charge in [0.05, 0.1) is 0 Å². The van der Waals surface area contributed by atoms with Crippen LogP contribution in [-0.4, -0.2) is 0 Å². The molecule has 0 heteroatoms. The van der Waals surface area contributed by atoms with Crippen LogP contribution in [0.3, 0.4) is 0 Å². The maximum absolute atomic E-state index is 2.64. The lowest BCUT2D eigenvalue weighted by molar-refractivity contribution is 0.0542. The van der Waals surface area contributed by atoms with E-state index in [1.54, 1.807) is 5.56 Å². The fourth-order valence-electron chi connectivity index (χ4n) is 11.3. The van der Waals surface area contributed by atoms with Crippen molar-refractivity contribution in [1.29, 1.82) is 0 Å². The first-order chi connectivity index (χ1) is 19.3. The standard InChI is InChI=1S/C42H70/c1-26-22-31(42(11,12)13)25-34(26)37(27-14-16-28(17-15-27)39(2,3)4)38-32-20-18-29(40(5,6)7)23-35(32)36-24-30(41(8,9)10)19-21-33(36)38/h14-17,26,29-38H,18-25H2,1-13H3/t26?,29?,30?,31?,32?,33?,34?,35?,36?,37-,38?/m1/s1. The minimum atomic E-state index is 0.215. The maximum Gasteiger partial charge on any atom is -0.00971 e. The highest BCUT2D eigenvalue weighted by Gasteiger charge is 2.59. The molecule has 0 heterocycles. The van der Waals surface area contributed by atoms with Crippen molar-refractivity contribution in [2.75, 3.05) is 0 Å². The molecule has 9 unspecified atom stereocenters. The molecule has 4 aliphatic carbocycles. The fourth-order valence-corrected chi connectivity index (χ4v) is 11.3. The van der Waals surface area contributed by atoms with Gasteiger partial charge in [0.25, 0.3) is 0 Å². The predicted octanol–water partition coefficient (Wildman–Crippen LogP) is 12.6. The van der Waals surface area contributed by atoms with Crippen LogP contribution in [0.15, 0.2) is 24.3 Å². The number of rotatable bonds is 3. The van der Waals surface area contributed by atoms with Gasteiger partial charge in [0, 0.05) is 0 Å². The van der Waals surface area contributed by atoms with Crippen molar-refractivity contribution in [3.63, 3.8) is 0 Å². The van der Waals surface area contributed by atoms with Gasteiger partial charge in [-0.2, -0.15) is 0 Å². The molecule has 4 aliphatic rings. The van der Waals surface area contributed by atoms with Gasteiger partial charge < -0.3 is 0 Å². The highest BCUT2D eigenvalue weighted by atomic mass is 14.6. The Bertz CT molecular complexity index is 1010. The van der Waals surface area contributed by atoms with Crippen molar-refractivity contribution in [2.24, 2.45) is 75.4 Å². The second kappa shape index (κ2) is 11.2. The first-order valence-corrected chi connectivity index (χ1v) is 18.4. The quantitative estimate of drug-likeness (QED) is 0.337. The Morgan fingerprint density at radius 3 is 1.36 bits per heavy atom. The summed E-state index contributed by atoms with van der Waals surface area (Å²) in [6.07, 6.45) is 11.8. The van der Waals surface area contributed by atoms with E-state index in [-0.39, 0.29) is 5.41 Å².